The third-order valence-corrected chi connectivity index (χ3v) is 6.09. The van der Waals surface area contributed by atoms with E-state index in [0.717, 1.165) is 16.7 Å². The lowest BCUT2D eigenvalue weighted by atomic mass is 10.2. The van der Waals surface area contributed by atoms with Crippen molar-refractivity contribution in [3.05, 3.63) is 103 Å². The summed E-state index contributed by atoms with van der Waals surface area (Å²) in [6, 6.07) is 21.8. The molecule has 0 atom stereocenters. The summed E-state index contributed by atoms with van der Waals surface area (Å²) in [4.78, 5) is 0. The third kappa shape index (κ3) is 4.39. The summed E-state index contributed by atoms with van der Waals surface area (Å²) in [6.07, 6.45) is 3.48. The van der Waals surface area contributed by atoms with Crippen molar-refractivity contribution in [2.75, 3.05) is 0 Å². The normalized spacial score (nSPS) is 10.9. The Morgan fingerprint density at radius 3 is 1.59 bits per heavy atom. The molecular formula is C23H21O3P. The summed E-state index contributed by atoms with van der Waals surface area (Å²) in [7, 11) is -3.65. The van der Waals surface area contributed by atoms with Crippen molar-refractivity contribution in [2.24, 2.45) is 0 Å². The van der Waals surface area contributed by atoms with Gasteiger partial charge in [0.05, 0.1) is 5.30 Å². The molecule has 0 aliphatic heterocycles. The summed E-state index contributed by atoms with van der Waals surface area (Å²) < 4.78 is 25.6. The molecule has 0 heterocycles. The topological polar surface area (TPSA) is 35.5 Å². The van der Waals surface area contributed by atoms with Gasteiger partial charge in [0.25, 0.3) is 0 Å². The minimum absolute atomic E-state index is 0.467. The number of hydrogen-bond donors (Lipinski definition) is 0. The van der Waals surface area contributed by atoms with E-state index in [0.29, 0.717) is 16.8 Å². The number of benzene rings is 3. The van der Waals surface area contributed by atoms with Crippen LogP contribution in [0.1, 0.15) is 16.7 Å². The van der Waals surface area contributed by atoms with Crippen LogP contribution in [0.15, 0.2) is 86.0 Å². The highest BCUT2D eigenvalue weighted by atomic mass is 31.2. The van der Waals surface area contributed by atoms with Crippen LogP contribution in [0, 0.1) is 6.92 Å². The Kier molecular flexibility index (Phi) is 5.63. The molecule has 0 spiro atoms. The van der Waals surface area contributed by atoms with Gasteiger partial charge in [0, 0.05) is 0 Å². The van der Waals surface area contributed by atoms with Crippen LogP contribution in [0.5, 0.6) is 11.5 Å². The predicted molar refractivity (Wildman–Crippen MR) is 113 cm³/mol. The monoisotopic (exact) mass is 376 g/mol. The average Bonchev–Trinajstić information content (AvgIpc) is 2.69. The summed E-state index contributed by atoms with van der Waals surface area (Å²) in [5.41, 5.74) is 2.74. The molecule has 3 nitrogen and oxygen atoms in total. The van der Waals surface area contributed by atoms with Crippen molar-refractivity contribution in [1.82, 2.24) is 0 Å². The molecule has 136 valence electrons. The molecule has 0 N–H and O–H groups in total. The van der Waals surface area contributed by atoms with Crippen molar-refractivity contribution in [3.8, 4) is 11.5 Å². The van der Waals surface area contributed by atoms with Gasteiger partial charge in [-0.15, -0.1) is 0 Å². The zero-order valence-electron chi connectivity index (χ0n) is 15.2. The zero-order valence-corrected chi connectivity index (χ0v) is 16.1. The van der Waals surface area contributed by atoms with Gasteiger partial charge >= 0.3 is 7.60 Å². The highest BCUT2D eigenvalue weighted by molar-refractivity contribution is 7.63. The van der Waals surface area contributed by atoms with E-state index in [2.05, 4.69) is 13.2 Å². The molecule has 3 aromatic carbocycles. The van der Waals surface area contributed by atoms with E-state index < -0.39 is 7.60 Å². The summed E-state index contributed by atoms with van der Waals surface area (Å²) in [6.45, 7) is 9.36. The fraction of sp³-hybridized carbons (Fsp3) is 0.0435. The Labute approximate surface area is 160 Å². The van der Waals surface area contributed by atoms with Gasteiger partial charge in [-0.1, -0.05) is 67.8 Å². The van der Waals surface area contributed by atoms with Gasteiger partial charge in [-0.2, -0.15) is 0 Å². The van der Waals surface area contributed by atoms with Crippen LogP contribution in [0.3, 0.4) is 0 Å². The van der Waals surface area contributed by atoms with E-state index in [9.17, 15) is 4.57 Å². The van der Waals surface area contributed by atoms with Crippen molar-refractivity contribution in [1.29, 1.82) is 0 Å². The molecule has 0 bridgehead atoms. The van der Waals surface area contributed by atoms with Crippen molar-refractivity contribution >= 4 is 25.1 Å². The van der Waals surface area contributed by atoms with Gasteiger partial charge in [-0.3, -0.25) is 0 Å². The molecule has 0 unspecified atom stereocenters. The van der Waals surface area contributed by atoms with E-state index >= 15 is 0 Å². The maximum atomic E-state index is 13.8. The second kappa shape index (κ2) is 8.11. The van der Waals surface area contributed by atoms with Gasteiger partial charge in [0.1, 0.15) is 11.5 Å². The first-order valence-corrected chi connectivity index (χ1v) is 10.1. The van der Waals surface area contributed by atoms with Gasteiger partial charge < -0.3 is 9.05 Å². The molecule has 0 aliphatic rings. The molecule has 27 heavy (non-hydrogen) atoms. The second-order valence-corrected chi connectivity index (χ2v) is 7.85. The van der Waals surface area contributed by atoms with E-state index in [4.69, 9.17) is 9.05 Å². The highest BCUT2D eigenvalue weighted by Gasteiger charge is 2.32. The first kappa shape index (κ1) is 18.8. The van der Waals surface area contributed by atoms with Crippen LogP contribution in [-0.2, 0) is 4.57 Å². The minimum Gasteiger partial charge on any atom is -0.413 e. The second-order valence-electron chi connectivity index (χ2n) is 6.01. The number of rotatable bonds is 7. The Balaban J connectivity index is 1.99. The largest absolute Gasteiger partial charge is 0.463 e. The van der Waals surface area contributed by atoms with E-state index in [1.165, 1.54) is 0 Å². The highest BCUT2D eigenvalue weighted by Crippen LogP contribution is 2.48. The van der Waals surface area contributed by atoms with Crippen LogP contribution >= 0.6 is 7.60 Å². The van der Waals surface area contributed by atoms with Crippen LogP contribution in [-0.4, -0.2) is 0 Å². The number of aryl methyl sites for hydroxylation is 1. The zero-order chi connectivity index (χ0) is 19.3. The molecular weight excluding hydrogens is 355 g/mol. The summed E-state index contributed by atoms with van der Waals surface area (Å²) >= 11 is 0. The van der Waals surface area contributed by atoms with Crippen LogP contribution in [0.2, 0.25) is 0 Å². The number of hydrogen-bond acceptors (Lipinski definition) is 3. The van der Waals surface area contributed by atoms with Crippen molar-refractivity contribution in [3.63, 3.8) is 0 Å². The Hall–Kier alpha value is -3.03. The lowest BCUT2D eigenvalue weighted by Gasteiger charge is -2.21. The van der Waals surface area contributed by atoms with Gasteiger partial charge in [0.2, 0.25) is 0 Å². The van der Waals surface area contributed by atoms with Crippen LogP contribution in [0.4, 0.5) is 0 Å². The molecule has 0 radical (unpaired) electrons. The standard InChI is InChI=1S/C23H21O3P/c1-4-19-10-14-21(15-11-19)25-27(24,23-9-7-6-8-18(23)3)26-22-16-12-20(5-2)13-17-22/h4-17H,1-2H2,3H3. The van der Waals surface area contributed by atoms with Crippen LogP contribution in [0.25, 0.3) is 12.2 Å². The SMILES string of the molecule is C=Cc1ccc(OP(=O)(Oc2ccc(C=C)cc2)c2ccccc2C)cc1. The Morgan fingerprint density at radius 2 is 1.19 bits per heavy atom. The predicted octanol–water partition coefficient (Wildman–Crippen LogP) is 6.26. The quantitative estimate of drug-likeness (QED) is 0.457. The maximum Gasteiger partial charge on any atom is 0.463 e. The molecule has 0 amide bonds. The molecule has 0 aromatic heterocycles. The van der Waals surface area contributed by atoms with Crippen molar-refractivity contribution in [2.45, 2.75) is 6.92 Å². The summed E-state index contributed by atoms with van der Waals surface area (Å²) in [5.74, 6) is 0.935. The van der Waals surface area contributed by atoms with Gasteiger partial charge in [-0.25, -0.2) is 4.57 Å². The first-order chi connectivity index (χ1) is 13.0. The lowest BCUT2D eigenvalue weighted by molar-refractivity contribution is 0.399. The van der Waals surface area contributed by atoms with E-state index in [-0.39, 0.29) is 0 Å². The third-order valence-electron chi connectivity index (χ3n) is 4.09. The molecule has 0 aliphatic carbocycles. The minimum atomic E-state index is -3.65. The van der Waals surface area contributed by atoms with E-state index in [1.54, 1.807) is 42.5 Å². The van der Waals surface area contributed by atoms with Crippen molar-refractivity contribution < 1.29 is 13.6 Å². The van der Waals surface area contributed by atoms with Gasteiger partial charge in [-0.05, 0) is 53.9 Å². The molecule has 3 rings (SSSR count). The maximum absolute atomic E-state index is 13.8. The average molecular weight is 376 g/mol. The first-order valence-electron chi connectivity index (χ1n) is 8.54. The van der Waals surface area contributed by atoms with E-state index in [1.807, 2.05) is 49.4 Å². The fourth-order valence-electron chi connectivity index (χ4n) is 2.59. The fourth-order valence-corrected chi connectivity index (χ4v) is 4.40. The molecule has 3 aromatic rings. The lowest BCUT2D eigenvalue weighted by Crippen LogP contribution is -2.17. The molecule has 0 fully saturated rings. The Morgan fingerprint density at radius 1 is 0.741 bits per heavy atom. The summed E-state index contributed by atoms with van der Waals surface area (Å²) in [5, 5.41) is 0.533. The smallest absolute Gasteiger partial charge is 0.413 e. The van der Waals surface area contributed by atoms with Gasteiger partial charge in [0.15, 0.2) is 0 Å². The molecule has 0 saturated carbocycles. The molecule has 4 heteroatoms. The van der Waals surface area contributed by atoms with Crippen LogP contribution < -0.4 is 14.4 Å². The molecule has 0 saturated heterocycles. The Bertz CT molecular complexity index is 931.